The Morgan fingerprint density at radius 2 is 1.20 bits per heavy atom. The molecule has 0 spiro atoms. The van der Waals surface area contributed by atoms with Crippen molar-refractivity contribution in [3.8, 4) is 0 Å². The summed E-state index contributed by atoms with van der Waals surface area (Å²) in [7, 11) is 0. The van der Waals surface area contributed by atoms with E-state index in [4.69, 9.17) is 0 Å². The molecule has 0 aliphatic rings. The van der Waals surface area contributed by atoms with E-state index < -0.39 is 0 Å². The van der Waals surface area contributed by atoms with Crippen LogP contribution in [0.1, 0.15) is 140 Å². The van der Waals surface area contributed by atoms with E-state index in [2.05, 4.69) is 46.9 Å². The normalized spacial score (nSPS) is 12.5. The molecule has 30 heavy (non-hydrogen) atoms. The van der Waals surface area contributed by atoms with Gasteiger partial charge in [-0.05, 0) is 44.9 Å². The fourth-order valence-corrected chi connectivity index (χ4v) is 2.78. The summed E-state index contributed by atoms with van der Waals surface area (Å²) in [5.74, 6) is 2.72. The third kappa shape index (κ3) is 31.8. The quantitative estimate of drug-likeness (QED) is 0.318. The minimum Gasteiger partial charge on any atom is -0.356 e. The molecule has 0 rings (SSSR count). The van der Waals surface area contributed by atoms with Gasteiger partial charge in [0.05, 0.1) is 0 Å². The topological polar surface area (TPSA) is 46.2 Å². The van der Waals surface area contributed by atoms with Gasteiger partial charge in [-0.15, -0.1) is 0 Å². The molecule has 0 saturated carbocycles. The van der Waals surface area contributed by atoms with Crippen molar-refractivity contribution in [3.63, 3.8) is 0 Å². The van der Waals surface area contributed by atoms with E-state index in [1.807, 2.05) is 27.7 Å². The maximum atomic E-state index is 10.8. The molecule has 184 valence electrons. The van der Waals surface area contributed by atoms with Crippen molar-refractivity contribution in [2.24, 2.45) is 17.8 Å². The van der Waals surface area contributed by atoms with Crippen LogP contribution in [0.15, 0.2) is 0 Å². The van der Waals surface area contributed by atoms with Gasteiger partial charge in [0.2, 0.25) is 5.91 Å². The lowest BCUT2D eigenvalue weighted by molar-refractivity contribution is -0.121. The smallest absolute Gasteiger partial charge is 0.219 e. The Morgan fingerprint density at radius 3 is 1.43 bits per heavy atom. The number of Topliss-reactive ketones (excluding diaryl/α,β-unsaturated/α-hetero) is 1. The molecule has 3 atom stereocenters. The Bertz CT molecular complexity index is 324. The molecule has 3 heteroatoms. The van der Waals surface area contributed by atoms with E-state index in [1.54, 1.807) is 6.92 Å². The van der Waals surface area contributed by atoms with Crippen LogP contribution < -0.4 is 5.32 Å². The number of ketones is 1. The number of carbonyl (C=O) groups excluding carboxylic acids is 2. The summed E-state index contributed by atoms with van der Waals surface area (Å²) >= 11 is 0. The second-order valence-corrected chi connectivity index (χ2v) is 8.17. The zero-order valence-electron chi connectivity index (χ0n) is 22.8. The van der Waals surface area contributed by atoms with Gasteiger partial charge in [0.15, 0.2) is 0 Å². The molecule has 0 saturated heterocycles. The van der Waals surface area contributed by atoms with Gasteiger partial charge in [-0.2, -0.15) is 0 Å². The Kier molecular flexibility index (Phi) is 36.9. The zero-order chi connectivity index (χ0) is 24.4. The first-order valence-corrected chi connectivity index (χ1v) is 13.0. The van der Waals surface area contributed by atoms with Gasteiger partial charge in [0.1, 0.15) is 5.78 Å². The van der Waals surface area contributed by atoms with Gasteiger partial charge < -0.3 is 5.32 Å². The van der Waals surface area contributed by atoms with Crippen molar-refractivity contribution in [1.82, 2.24) is 5.32 Å². The number of amides is 1. The molecular formula is C27H59NO2. The van der Waals surface area contributed by atoms with E-state index in [9.17, 15) is 9.59 Å². The molecule has 0 fully saturated rings. The minimum atomic E-state index is 0.162. The summed E-state index contributed by atoms with van der Waals surface area (Å²) in [6, 6.07) is 0. The summed E-state index contributed by atoms with van der Waals surface area (Å²) in [5, 5.41) is 2.71. The first kappa shape index (κ1) is 36.5. The second kappa shape index (κ2) is 30.3. The minimum absolute atomic E-state index is 0.162. The summed E-state index contributed by atoms with van der Waals surface area (Å²) < 4.78 is 0. The highest BCUT2D eigenvalue weighted by Gasteiger charge is 2.08. The fourth-order valence-electron chi connectivity index (χ4n) is 2.78. The predicted molar refractivity (Wildman–Crippen MR) is 137 cm³/mol. The van der Waals surface area contributed by atoms with Crippen molar-refractivity contribution >= 4 is 11.7 Å². The lowest BCUT2D eigenvalue weighted by atomic mass is 9.96. The highest BCUT2D eigenvalue weighted by Crippen LogP contribution is 2.16. The molecule has 0 aliphatic carbocycles. The van der Waals surface area contributed by atoms with Crippen LogP contribution in [-0.4, -0.2) is 18.2 Å². The van der Waals surface area contributed by atoms with E-state index in [0.29, 0.717) is 18.1 Å². The molecule has 0 radical (unpaired) electrons. The molecule has 0 aromatic heterocycles. The maximum absolute atomic E-state index is 10.8. The van der Waals surface area contributed by atoms with Crippen molar-refractivity contribution < 1.29 is 9.59 Å². The van der Waals surface area contributed by atoms with Gasteiger partial charge in [-0.25, -0.2) is 0 Å². The Morgan fingerprint density at radius 1 is 0.733 bits per heavy atom. The van der Waals surface area contributed by atoms with Gasteiger partial charge in [-0.1, -0.05) is 101 Å². The van der Waals surface area contributed by atoms with Crippen LogP contribution in [-0.2, 0) is 9.59 Å². The Balaban J connectivity index is -0.000000164. The lowest BCUT2D eigenvalue weighted by Gasteiger charge is -2.10. The first-order valence-electron chi connectivity index (χ1n) is 13.0. The van der Waals surface area contributed by atoms with Crippen LogP contribution in [0.5, 0.6) is 0 Å². The first-order chi connectivity index (χ1) is 14.2. The molecule has 0 heterocycles. The standard InChI is InChI=1S/C11H24.C8H16O.C6H13NO.C2H6/c1-5-10(3)8-7-9-11(4)6-2;1-4-6-8(5-2)7(3)9;1-3-5-6(8)7-4-2;1-2/h10-11H,5-9H2,1-4H3;8H,4-6H2,1-3H3;3-5H2,1-2H3,(H,7,8);1-2H3. The van der Waals surface area contributed by atoms with E-state index >= 15 is 0 Å². The number of nitrogens with one attached hydrogen (secondary N) is 1. The molecule has 1 N–H and O–H groups in total. The molecule has 3 unspecified atom stereocenters. The third-order valence-corrected chi connectivity index (χ3v) is 5.34. The van der Waals surface area contributed by atoms with Crippen molar-refractivity contribution in [2.45, 2.75) is 140 Å². The maximum Gasteiger partial charge on any atom is 0.219 e. The van der Waals surface area contributed by atoms with E-state index in [1.165, 1.54) is 32.1 Å². The number of hydrogen-bond acceptors (Lipinski definition) is 2. The van der Waals surface area contributed by atoms with Crippen LogP contribution in [0.3, 0.4) is 0 Å². The van der Waals surface area contributed by atoms with Crippen LogP contribution in [0, 0.1) is 17.8 Å². The SMILES string of the molecule is CC.CCC(C)CCCC(C)CC.CCCC(=O)NCC.CCCC(CC)C(C)=O. The monoisotopic (exact) mass is 429 g/mol. The second-order valence-electron chi connectivity index (χ2n) is 8.17. The average molecular weight is 430 g/mol. The van der Waals surface area contributed by atoms with Gasteiger partial charge in [-0.3, -0.25) is 9.59 Å². The number of hydrogen-bond donors (Lipinski definition) is 1. The van der Waals surface area contributed by atoms with Crippen LogP contribution >= 0.6 is 0 Å². The molecule has 1 amide bonds. The van der Waals surface area contributed by atoms with Crippen LogP contribution in [0.25, 0.3) is 0 Å². The summed E-state index contributed by atoms with van der Waals surface area (Å²) in [5.41, 5.74) is 0. The zero-order valence-corrected chi connectivity index (χ0v) is 22.8. The van der Waals surface area contributed by atoms with Crippen molar-refractivity contribution in [3.05, 3.63) is 0 Å². The molecule has 0 aromatic rings. The lowest BCUT2D eigenvalue weighted by Crippen LogP contribution is -2.21. The number of rotatable bonds is 13. The fraction of sp³-hybridized carbons (Fsp3) is 0.926. The summed E-state index contributed by atoms with van der Waals surface area (Å²) in [4.78, 5) is 21.3. The largest absolute Gasteiger partial charge is 0.356 e. The Hall–Kier alpha value is -0.860. The van der Waals surface area contributed by atoms with Crippen molar-refractivity contribution in [1.29, 1.82) is 0 Å². The molecular weight excluding hydrogens is 370 g/mol. The molecule has 3 nitrogen and oxygen atoms in total. The molecule has 0 bridgehead atoms. The predicted octanol–water partition coefficient (Wildman–Crippen LogP) is 8.60. The van der Waals surface area contributed by atoms with Gasteiger partial charge >= 0.3 is 0 Å². The van der Waals surface area contributed by atoms with E-state index in [0.717, 1.165) is 44.1 Å². The van der Waals surface area contributed by atoms with Gasteiger partial charge in [0.25, 0.3) is 0 Å². The summed E-state index contributed by atoms with van der Waals surface area (Å²) in [6.07, 6.45) is 11.8. The van der Waals surface area contributed by atoms with E-state index in [-0.39, 0.29) is 5.91 Å². The highest BCUT2D eigenvalue weighted by atomic mass is 16.1. The molecule has 0 aliphatic heterocycles. The molecule has 0 aromatic carbocycles. The van der Waals surface area contributed by atoms with Crippen molar-refractivity contribution in [2.75, 3.05) is 6.54 Å². The third-order valence-electron chi connectivity index (χ3n) is 5.34. The van der Waals surface area contributed by atoms with Crippen LogP contribution in [0.4, 0.5) is 0 Å². The number of carbonyl (C=O) groups is 2. The van der Waals surface area contributed by atoms with Crippen LogP contribution in [0.2, 0.25) is 0 Å². The van der Waals surface area contributed by atoms with Gasteiger partial charge in [0, 0.05) is 18.9 Å². The Labute approximate surface area is 191 Å². The average Bonchev–Trinajstić information content (AvgIpc) is 2.74. The highest BCUT2D eigenvalue weighted by molar-refractivity contribution is 5.78. The summed E-state index contributed by atoms with van der Waals surface area (Å²) in [6.45, 7) is 23.8.